The molecule has 27 heavy (non-hydrogen) atoms. The van der Waals surface area contributed by atoms with Crippen molar-refractivity contribution in [2.45, 2.75) is 59.4 Å². The number of nitrogens with zero attached hydrogens (tertiary/aromatic N) is 5. The summed E-state index contributed by atoms with van der Waals surface area (Å²) >= 11 is 0. The van der Waals surface area contributed by atoms with Gasteiger partial charge in [-0.25, -0.2) is 19.9 Å². The standard InChI is InChI=1S/C22H29N5/c1-16-5-4-8-22(2,3)19(16)6-9-27-10-7-20-18(14-27)13-25-21(26-20)17-11-23-15-24-12-17/h11-13,15H,4-10,14H2,1-3H3. The fourth-order valence-corrected chi connectivity index (χ4v) is 4.62. The maximum Gasteiger partial charge on any atom is 0.162 e. The number of hydrogen-bond acceptors (Lipinski definition) is 5. The minimum atomic E-state index is 0.367. The fraction of sp³-hybridized carbons (Fsp3) is 0.545. The van der Waals surface area contributed by atoms with Crippen LogP contribution in [-0.2, 0) is 13.0 Å². The Kier molecular flexibility index (Phi) is 5.04. The molecule has 0 unspecified atom stereocenters. The van der Waals surface area contributed by atoms with E-state index in [1.54, 1.807) is 23.5 Å². The van der Waals surface area contributed by atoms with Gasteiger partial charge in [0.15, 0.2) is 5.82 Å². The van der Waals surface area contributed by atoms with Crippen LogP contribution in [0.5, 0.6) is 0 Å². The topological polar surface area (TPSA) is 54.8 Å². The van der Waals surface area contributed by atoms with E-state index in [1.807, 2.05) is 6.20 Å². The molecule has 5 heteroatoms. The Morgan fingerprint density at radius 1 is 1.11 bits per heavy atom. The first-order valence-corrected chi connectivity index (χ1v) is 10.0. The normalized spacial score (nSPS) is 19.8. The molecule has 0 bridgehead atoms. The molecule has 1 aliphatic heterocycles. The number of fused-ring (bicyclic) bond motifs is 1. The third kappa shape index (κ3) is 3.93. The van der Waals surface area contributed by atoms with Crippen LogP contribution >= 0.6 is 0 Å². The minimum absolute atomic E-state index is 0.367. The van der Waals surface area contributed by atoms with Gasteiger partial charge in [-0.3, -0.25) is 4.90 Å². The van der Waals surface area contributed by atoms with Gasteiger partial charge in [-0.1, -0.05) is 25.0 Å². The fourth-order valence-electron chi connectivity index (χ4n) is 4.62. The lowest BCUT2D eigenvalue weighted by Crippen LogP contribution is -2.33. The Hall–Kier alpha value is -2.14. The zero-order chi connectivity index (χ0) is 18.9. The Labute approximate surface area is 162 Å². The number of aromatic nitrogens is 4. The van der Waals surface area contributed by atoms with Crippen LogP contribution in [0.25, 0.3) is 11.4 Å². The molecule has 0 saturated heterocycles. The van der Waals surface area contributed by atoms with E-state index in [4.69, 9.17) is 4.98 Å². The molecule has 0 spiro atoms. The van der Waals surface area contributed by atoms with Crippen LogP contribution in [-0.4, -0.2) is 37.9 Å². The number of rotatable bonds is 4. The van der Waals surface area contributed by atoms with E-state index >= 15 is 0 Å². The molecule has 0 radical (unpaired) electrons. The van der Waals surface area contributed by atoms with Crippen molar-refractivity contribution in [1.29, 1.82) is 0 Å². The maximum absolute atomic E-state index is 4.78. The SMILES string of the molecule is CC1=C(CCN2CCc3nc(-c4cncnc4)ncc3C2)C(C)(C)CCC1. The van der Waals surface area contributed by atoms with Crippen molar-refractivity contribution >= 4 is 0 Å². The molecule has 5 nitrogen and oxygen atoms in total. The van der Waals surface area contributed by atoms with Crippen molar-refractivity contribution in [3.05, 3.63) is 47.3 Å². The highest BCUT2D eigenvalue weighted by Crippen LogP contribution is 2.41. The minimum Gasteiger partial charge on any atom is -0.298 e. The van der Waals surface area contributed by atoms with Gasteiger partial charge in [0.2, 0.25) is 0 Å². The number of allylic oxidation sites excluding steroid dienone is 1. The molecule has 0 amide bonds. The van der Waals surface area contributed by atoms with Crippen molar-refractivity contribution < 1.29 is 0 Å². The van der Waals surface area contributed by atoms with Crippen molar-refractivity contribution in [2.75, 3.05) is 13.1 Å². The van der Waals surface area contributed by atoms with Gasteiger partial charge in [-0.05, 0) is 38.0 Å². The molecule has 2 aliphatic rings. The lowest BCUT2D eigenvalue weighted by molar-refractivity contribution is 0.243. The lowest BCUT2D eigenvalue weighted by atomic mass is 9.71. The van der Waals surface area contributed by atoms with Gasteiger partial charge in [-0.2, -0.15) is 0 Å². The van der Waals surface area contributed by atoms with E-state index in [-0.39, 0.29) is 0 Å². The molecule has 2 aromatic rings. The van der Waals surface area contributed by atoms with Crippen molar-refractivity contribution in [3.8, 4) is 11.4 Å². The van der Waals surface area contributed by atoms with Gasteiger partial charge < -0.3 is 0 Å². The monoisotopic (exact) mass is 363 g/mol. The van der Waals surface area contributed by atoms with Crippen molar-refractivity contribution in [1.82, 2.24) is 24.8 Å². The Morgan fingerprint density at radius 2 is 1.93 bits per heavy atom. The van der Waals surface area contributed by atoms with Crippen LogP contribution < -0.4 is 0 Å². The van der Waals surface area contributed by atoms with Gasteiger partial charge in [-0.15, -0.1) is 0 Å². The highest BCUT2D eigenvalue weighted by Gasteiger charge is 2.28. The summed E-state index contributed by atoms with van der Waals surface area (Å²) < 4.78 is 0. The smallest absolute Gasteiger partial charge is 0.162 e. The van der Waals surface area contributed by atoms with E-state index in [9.17, 15) is 0 Å². The summed E-state index contributed by atoms with van der Waals surface area (Å²) in [6.45, 7) is 10.3. The quantitative estimate of drug-likeness (QED) is 0.762. The van der Waals surface area contributed by atoms with Gasteiger partial charge in [0.1, 0.15) is 6.33 Å². The first kappa shape index (κ1) is 18.2. The second kappa shape index (κ2) is 7.47. The van der Waals surface area contributed by atoms with Crippen molar-refractivity contribution in [3.63, 3.8) is 0 Å². The van der Waals surface area contributed by atoms with Crippen LogP contribution in [0, 0.1) is 5.41 Å². The zero-order valence-corrected chi connectivity index (χ0v) is 16.7. The molecular weight excluding hydrogens is 334 g/mol. The lowest BCUT2D eigenvalue weighted by Gasteiger charge is -2.36. The largest absolute Gasteiger partial charge is 0.298 e. The Bertz CT molecular complexity index is 841. The molecule has 0 saturated carbocycles. The predicted octanol–water partition coefficient (Wildman–Crippen LogP) is 4.21. The highest BCUT2D eigenvalue weighted by atomic mass is 15.1. The molecule has 0 aromatic carbocycles. The molecule has 0 N–H and O–H groups in total. The van der Waals surface area contributed by atoms with Gasteiger partial charge in [0.05, 0.1) is 11.3 Å². The third-order valence-electron chi connectivity index (χ3n) is 6.20. The van der Waals surface area contributed by atoms with E-state index in [1.165, 1.54) is 43.3 Å². The summed E-state index contributed by atoms with van der Waals surface area (Å²) in [7, 11) is 0. The summed E-state index contributed by atoms with van der Waals surface area (Å²) in [5.74, 6) is 0.729. The van der Waals surface area contributed by atoms with Gasteiger partial charge in [0, 0.05) is 50.2 Å². The first-order valence-electron chi connectivity index (χ1n) is 10.0. The van der Waals surface area contributed by atoms with Crippen LogP contribution in [0.2, 0.25) is 0 Å². The molecular formula is C22H29N5. The van der Waals surface area contributed by atoms with Crippen molar-refractivity contribution in [2.24, 2.45) is 5.41 Å². The molecule has 3 heterocycles. The van der Waals surface area contributed by atoms with E-state index in [2.05, 4.69) is 40.6 Å². The van der Waals surface area contributed by atoms with Crippen LogP contribution in [0.4, 0.5) is 0 Å². The predicted molar refractivity (Wildman–Crippen MR) is 107 cm³/mol. The Morgan fingerprint density at radius 3 is 2.70 bits per heavy atom. The molecule has 0 fully saturated rings. The maximum atomic E-state index is 4.78. The molecule has 2 aromatic heterocycles. The Balaban J connectivity index is 1.43. The van der Waals surface area contributed by atoms with Gasteiger partial charge in [0.25, 0.3) is 0 Å². The average molecular weight is 364 g/mol. The molecule has 0 atom stereocenters. The summed E-state index contributed by atoms with van der Waals surface area (Å²) in [5.41, 5.74) is 7.00. The van der Waals surface area contributed by atoms with Crippen LogP contribution in [0.1, 0.15) is 57.7 Å². The summed E-state index contributed by atoms with van der Waals surface area (Å²) in [6, 6.07) is 0. The second-order valence-electron chi connectivity index (χ2n) is 8.57. The summed E-state index contributed by atoms with van der Waals surface area (Å²) in [4.78, 5) is 20.0. The highest BCUT2D eigenvalue weighted by molar-refractivity contribution is 5.52. The summed E-state index contributed by atoms with van der Waals surface area (Å²) in [5, 5.41) is 0. The van der Waals surface area contributed by atoms with E-state index in [0.717, 1.165) is 37.4 Å². The number of hydrogen-bond donors (Lipinski definition) is 0. The molecule has 1 aliphatic carbocycles. The third-order valence-corrected chi connectivity index (χ3v) is 6.20. The second-order valence-corrected chi connectivity index (χ2v) is 8.57. The first-order chi connectivity index (χ1) is 13.0. The van der Waals surface area contributed by atoms with Crippen LogP contribution in [0.15, 0.2) is 36.1 Å². The average Bonchev–Trinajstić information content (AvgIpc) is 2.67. The molecule has 4 rings (SSSR count). The van der Waals surface area contributed by atoms with Gasteiger partial charge >= 0.3 is 0 Å². The van der Waals surface area contributed by atoms with E-state index in [0.29, 0.717) is 5.41 Å². The van der Waals surface area contributed by atoms with E-state index < -0.39 is 0 Å². The zero-order valence-electron chi connectivity index (χ0n) is 16.7. The molecule has 142 valence electrons. The summed E-state index contributed by atoms with van der Waals surface area (Å²) in [6.07, 6.45) is 13.2. The van der Waals surface area contributed by atoms with Crippen LogP contribution in [0.3, 0.4) is 0 Å².